The molecule has 0 aliphatic heterocycles. The lowest BCUT2D eigenvalue weighted by Gasteiger charge is -2.02. The van der Waals surface area contributed by atoms with Gasteiger partial charge < -0.3 is 10.5 Å². The molecule has 0 fully saturated rings. The molecule has 7 nitrogen and oxygen atoms in total. The van der Waals surface area contributed by atoms with Crippen LogP contribution in [0, 0.1) is 0 Å². The first-order valence-electron chi connectivity index (χ1n) is 8.43. The number of esters is 1. The maximum atomic E-state index is 12.7. The Hall–Kier alpha value is -2.75. The number of nitrogens with zero attached hydrogens (tertiary/aromatic N) is 3. The largest absolute Gasteiger partial charge is 0.465 e. The summed E-state index contributed by atoms with van der Waals surface area (Å²) in [4.78, 5) is 25.9. The molecule has 0 amide bonds. The maximum Gasteiger partial charge on any atom is 0.346 e. The van der Waals surface area contributed by atoms with Gasteiger partial charge in [-0.2, -0.15) is 5.10 Å². The number of hydrogen-bond acceptors (Lipinski definition) is 6. The zero-order valence-electron chi connectivity index (χ0n) is 15.6. The summed E-state index contributed by atoms with van der Waals surface area (Å²) in [5, 5.41) is 4.01. The molecule has 0 saturated heterocycles. The number of rotatable bonds is 7. The van der Waals surface area contributed by atoms with Gasteiger partial charge in [0.2, 0.25) is 0 Å². The Balaban J connectivity index is 0.00000300. The lowest BCUT2D eigenvalue weighted by Crippen LogP contribution is -2.26. The minimum Gasteiger partial charge on any atom is -0.465 e. The van der Waals surface area contributed by atoms with Gasteiger partial charge in [-0.25, -0.2) is 18.7 Å². The Morgan fingerprint density at radius 1 is 1.28 bits per heavy atom. The normalized spacial score (nSPS) is 11.2. The second-order valence-electron chi connectivity index (χ2n) is 6.01. The molecule has 0 saturated carbocycles. The monoisotopic (exact) mass is 438 g/mol. The summed E-state index contributed by atoms with van der Waals surface area (Å²) < 4.78 is 20.0. The first kappa shape index (κ1) is 22.5. The van der Waals surface area contributed by atoms with Crippen LogP contribution < -0.4 is 11.4 Å². The van der Waals surface area contributed by atoms with Crippen molar-refractivity contribution in [2.45, 2.75) is 13.1 Å². The molecule has 2 aromatic heterocycles. The van der Waals surface area contributed by atoms with Crippen LogP contribution in [0.2, 0.25) is 0 Å². The Morgan fingerprint density at radius 3 is 2.62 bits per heavy atom. The molecule has 2 N–H and O–H groups in total. The van der Waals surface area contributed by atoms with Crippen molar-refractivity contribution in [2.75, 3.05) is 13.7 Å². The molecule has 29 heavy (non-hydrogen) atoms. The fraction of sp³-hybridized carbons (Fsp3) is 0.211. The third-order valence-corrected chi connectivity index (χ3v) is 5.26. The molecular weight excluding hydrogens is 419 g/mol. The quantitative estimate of drug-likeness (QED) is 0.572. The molecule has 0 bridgehead atoms. The number of carbonyl (C=O) groups excluding carboxylic acids is 1. The van der Waals surface area contributed by atoms with E-state index in [0.29, 0.717) is 24.0 Å². The number of thiophene rings is 1. The van der Waals surface area contributed by atoms with Crippen molar-refractivity contribution in [3.05, 3.63) is 75.6 Å². The van der Waals surface area contributed by atoms with E-state index < -0.39 is 0 Å². The highest BCUT2D eigenvalue weighted by Gasteiger charge is 2.10. The summed E-state index contributed by atoms with van der Waals surface area (Å²) in [6, 6.07) is 11.0. The number of hydrogen-bond donors (Lipinski definition) is 1. The van der Waals surface area contributed by atoms with Crippen molar-refractivity contribution in [3.63, 3.8) is 0 Å². The molecule has 0 spiro atoms. The number of ether oxygens (including phenoxy) is 1. The fourth-order valence-corrected chi connectivity index (χ4v) is 3.61. The van der Waals surface area contributed by atoms with Crippen LogP contribution in [0.4, 0.5) is 4.39 Å². The second-order valence-corrected chi connectivity index (χ2v) is 7.17. The van der Waals surface area contributed by atoms with Gasteiger partial charge in [0, 0.05) is 16.3 Å². The van der Waals surface area contributed by atoms with E-state index in [1.165, 1.54) is 34.0 Å². The lowest BCUT2D eigenvalue weighted by molar-refractivity contribution is 0.0601. The van der Waals surface area contributed by atoms with Gasteiger partial charge in [-0.3, -0.25) is 4.57 Å². The van der Waals surface area contributed by atoms with Gasteiger partial charge in [0.05, 0.1) is 32.1 Å². The van der Waals surface area contributed by atoms with Crippen molar-refractivity contribution in [1.82, 2.24) is 14.3 Å². The summed E-state index contributed by atoms with van der Waals surface area (Å²) in [6.07, 6.45) is 1.84. The number of nitrogens with two attached hydrogens (primary N) is 1. The fourth-order valence-electron chi connectivity index (χ4n) is 2.60. The minimum absolute atomic E-state index is 0. The van der Waals surface area contributed by atoms with Crippen LogP contribution in [0.15, 0.2) is 59.4 Å². The Kier molecular flexibility index (Phi) is 7.89. The van der Waals surface area contributed by atoms with E-state index in [2.05, 4.69) is 5.10 Å². The van der Waals surface area contributed by atoms with Gasteiger partial charge in [0.15, 0.2) is 0 Å². The van der Waals surface area contributed by atoms with Crippen LogP contribution in [0.5, 0.6) is 0 Å². The SMILES string of the molecule is COC(=O)c1ccc(-c2ccc(Cn3cnn(CC(=CF)CN)c3=O)s2)cc1.Cl. The van der Waals surface area contributed by atoms with Crippen LogP contribution >= 0.6 is 23.7 Å². The van der Waals surface area contributed by atoms with Gasteiger partial charge in [0.25, 0.3) is 0 Å². The van der Waals surface area contributed by atoms with E-state index in [-0.39, 0.29) is 37.2 Å². The number of carbonyl (C=O) groups is 1. The van der Waals surface area contributed by atoms with E-state index in [0.717, 1.165) is 15.3 Å². The zero-order chi connectivity index (χ0) is 20.1. The molecule has 0 aliphatic rings. The molecule has 0 radical (unpaired) electrons. The number of halogens is 2. The molecule has 1 aromatic carbocycles. The van der Waals surface area contributed by atoms with Crippen molar-refractivity contribution >= 4 is 29.7 Å². The predicted molar refractivity (Wildman–Crippen MR) is 112 cm³/mol. The van der Waals surface area contributed by atoms with Gasteiger partial charge in [-0.05, 0) is 35.4 Å². The summed E-state index contributed by atoms with van der Waals surface area (Å²) in [6.45, 7) is 0.418. The molecule has 0 aliphatic carbocycles. The van der Waals surface area contributed by atoms with Crippen LogP contribution in [-0.4, -0.2) is 34.0 Å². The Bertz CT molecular complexity index is 1060. The topological polar surface area (TPSA) is 92.1 Å². The van der Waals surface area contributed by atoms with E-state index >= 15 is 0 Å². The average molecular weight is 439 g/mol. The van der Waals surface area contributed by atoms with E-state index in [1.807, 2.05) is 24.3 Å². The highest BCUT2D eigenvalue weighted by atomic mass is 35.5. The smallest absolute Gasteiger partial charge is 0.346 e. The van der Waals surface area contributed by atoms with Crippen LogP contribution in [-0.2, 0) is 17.8 Å². The molecule has 0 atom stereocenters. The van der Waals surface area contributed by atoms with E-state index in [1.54, 1.807) is 12.1 Å². The molecule has 154 valence electrons. The van der Waals surface area contributed by atoms with E-state index in [4.69, 9.17) is 10.5 Å². The molecular formula is C19H20ClFN4O3S. The number of benzene rings is 1. The molecule has 2 heterocycles. The van der Waals surface area contributed by atoms with E-state index in [9.17, 15) is 14.0 Å². The predicted octanol–water partition coefficient (Wildman–Crippen LogP) is 2.84. The average Bonchev–Trinajstić information content (AvgIpc) is 3.33. The summed E-state index contributed by atoms with van der Waals surface area (Å²) >= 11 is 1.54. The van der Waals surface area contributed by atoms with Crippen molar-refractivity contribution < 1.29 is 13.9 Å². The van der Waals surface area contributed by atoms with Crippen LogP contribution in [0.3, 0.4) is 0 Å². The van der Waals surface area contributed by atoms with Crippen LogP contribution in [0.25, 0.3) is 10.4 Å². The molecule has 3 rings (SSSR count). The summed E-state index contributed by atoms with van der Waals surface area (Å²) in [7, 11) is 1.34. The standard InChI is InChI=1S/C19H19FN4O3S.ClH/c1-27-18(25)15-4-2-14(3-5-15)17-7-6-16(28-17)11-23-12-22-24(19(23)26)10-13(8-20)9-21;/h2-8,12H,9-11,21H2,1H3;1H. The molecule has 3 aromatic rings. The molecule has 0 unspecified atom stereocenters. The van der Waals surface area contributed by atoms with Gasteiger partial charge in [0.1, 0.15) is 6.33 Å². The highest BCUT2D eigenvalue weighted by molar-refractivity contribution is 7.15. The van der Waals surface area contributed by atoms with Crippen molar-refractivity contribution in [3.8, 4) is 10.4 Å². The second kappa shape index (κ2) is 10.1. The van der Waals surface area contributed by atoms with Crippen molar-refractivity contribution in [1.29, 1.82) is 0 Å². The highest BCUT2D eigenvalue weighted by Crippen LogP contribution is 2.28. The van der Waals surface area contributed by atoms with Gasteiger partial charge in [-0.1, -0.05) is 12.1 Å². The zero-order valence-corrected chi connectivity index (χ0v) is 17.2. The summed E-state index contributed by atoms with van der Waals surface area (Å²) in [5.74, 6) is -0.379. The lowest BCUT2D eigenvalue weighted by atomic mass is 10.1. The Morgan fingerprint density at radius 2 is 2.00 bits per heavy atom. The van der Waals surface area contributed by atoms with Gasteiger partial charge in [-0.15, -0.1) is 23.7 Å². The third kappa shape index (κ3) is 5.20. The first-order valence-corrected chi connectivity index (χ1v) is 9.25. The van der Waals surface area contributed by atoms with Gasteiger partial charge >= 0.3 is 11.7 Å². The Labute approximate surface area is 176 Å². The number of methoxy groups -OCH3 is 1. The number of aromatic nitrogens is 3. The van der Waals surface area contributed by atoms with Crippen LogP contribution in [0.1, 0.15) is 15.2 Å². The minimum atomic E-state index is -0.379. The summed E-state index contributed by atoms with van der Waals surface area (Å²) in [5.41, 5.74) is 6.84. The van der Waals surface area contributed by atoms with Crippen molar-refractivity contribution in [2.24, 2.45) is 5.73 Å². The molecule has 10 heteroatoms. The first-order chi connectivity index (χ1) is 13.5. The maximum absolute atomic E-state index is 12.7. The third-order valence-electron chi connectivity index (χ3n) is 4.14.